The van der Waals surface area contributed by atoms with Crippen LogP contribution in [0.2, 0.25) is 5.02 Å². The summed E-state index contributed by atoms with van der Waals surface area (Å²) in [5, 5.41) is 20.8. The Morgan fingerprint density at radius 1 is 1.33 bits per heavy atom. The van der Waals surface area contributed by atoms with Gasteiger partial charge in [-0.05, 0) is 49.6 Å². The molecule has 0 saturated carbocycles. The minimum Gasteiger partial charge on any atom is -0.486 e. The van der Waals surface area contributed by atoms with E-state index in [0.29, 0.717) is 25.8 Å². The number of nitro groups is 1. The number of hydrogen-bond donors (Lipinski definition) is 1. The smallest absolute Gasteiger partial charge is 0.335 e. The third-order valence-electron chi connectivity index (χ3n) is 3.59. The first-order valence-electron chi connectivity index (χ1n) is 7.53. The van der Waals surface area contributed by atoms with Gasteiger partial charge in [-0.15, -0.1) is 0 Å². The van der Waals surface area contributed by atoms with Crippen molar-refractivity contribution in [2.24, 2.45) is 0 Å². The normalized spacial score (nSPS) is 11.7. The first kappa shape index (κ1) is 21.6. The summed E-state index contributed by atoms with van der Waals surface area (Å²) < 4.78 is 11.4. The summed E-state index contributed by atoms with van der Waals surface area (Å²) in [6.45, 7) is 0.0157. The van der Waals surface area contributed by atoms with E-state index in [-0.39, 0.29) is 23.7 Å². The van der Waals surface area contributed by atoms with Crippen LogP contribution in [-0.4, -0.2) is 29.2 Å². The first-order chi connectivity index (χ1) is 12.7. The molecule has 144 valence electrons. The number of nitro benzene ring substituents is 1. The Labute approximate surface area is 176 Å². The van der Waals surface area contributed by atoms with Crippen LogP contribution in [0.1, 0.15) is 11.1 Å². The summed E-state index contributed by atoms with van der Waals surface area (Å²) >= 11 is 12.8. The average Bonchev–Trinajstić information content (AvgIpc) is 2.61. The van der Waals surface area contributed by atoms with Gasteiger partial charge in [0.05, 0.1) is 21.0 Å². The molecule has 1 atom stereocenters. The van der Waals surface area contributed by atoms with Crippen molar-refractivity contribution in [3.05, 3.63) is 65.5 Å². The number of carbonyl (C=O) groups is 1. The van der Waals surface area contributed by atoms with Crippen molar-refractivity contribution in [3.8, 4) is 5.75 Å². The van der Waals surface area contributed by atoms with Gasteiger partial charge in [0, 0.05) is 18.1 Å². The Balaban J connectivity index is 2.17. The topological polar surface area (TPSA) is 98.9 Å². The van der Waals surface area contributed by atoms with Crippen LogP contribution in [0.25, 0.3) is 0 Å². The van der Waals surface area contributed by atoms with Crippen molar-refractivity contribution in [1.82, 2.24) is 0 Å². The van der Waals surface area contributed by atoms with Gasteiger partial charge in [-0.3, -0.25) is 10.1 Å². The minimum absolute atomic E-state index is 0.0157. The molecule has 2 rings (SSSR count). The fourth-order valence-electron chi connectivity index (χ4n) is 2.28. The Bertz CT molecular complexity index is 853. The van der Waals surface area contributed by atoms with Crippen LogP contribution in [0.5, 0.6) is 5.75 Å². The number of aliphatic hydroxyl groups is 1. The second kappa shape index (κ2) is 9.50. The Hall–Kier alpha value is -1.68. The molecule has 1 unspecified atom stereocenters. The van der Waals surface area contributed by atoms with Gasteiger partial charge in [0.15, 0.2) is 6.10 Å². The molecule has 0 bridgehead atoms. The fourth-order valence-corrected chi connectivity index (χ4v) is 4.04. The zero-order valence-electron chi connectivity index (χ0n) is 13.9. The van der Waals surface area contributed by atoms with E-state index in [2.05, 4.69) is 36.6 Å². The van der Waals surface area contributed by atoms with Gasteiger partial charge in [-0.2, -0.15) is 0 Å². The highest BCUT2D eigenvalue weighted by molar-refractivity contribution is 9.11. The third-order valence-corrected chi connectivity index (χ3v) is 5.20. The maximum atomic E-state index is 11.3. The standard InChI is InChI=1S/C17H14Br2ClNO6/c1-26-17(23)14(22)7-9-5-11(18)16(12(19)6-9)27-8-10-3-2-4-13(15(10)20)21(24)25/h2-6,14,22H,7-8H2,1H3. The van der Waals surface area contributed by atoms with Crippen LogP contribution >= 0.6 is 43.5 Å². The lowest BCUT2D eigenvalue weighted by Gasteiger charge is -2.14. The molecule has 7 nitrogen and oxygen atoms in total. The summed E-state index contributed by atoms with van der Waals surface area (Å²) in [5.74, 6) is -0.267. The molecule has 0 radical (unpaired) electrons. The molecule has 10 heteroatoms. The van der Waals surface area contributed by atoms with Gasteiger partial charge >= 0.3 is 5.97 Å². The predicted octanol–water partition coefficient (Wildman–Crippen LogP) is 4.43. The summed E-state index contributed by atoms with van der Waals surface area (Å²) in [6, 6.07) is 7.88. The van der Waals surface area contributed by atoms with Crippen molar-refractivity contribution in [3.63, 3.8) is 0 Å². The maximum Gasteiger partial charge on any atom is 0.335 e. The molecular weight excluding hydrogens is 509 g/mol. The maximum absolute atomic E-state index is 11.3. The van der Waals surface area contributed by atoms with Crippen LogP contribution in [0.15, 0.2) is 39.3 Å². The average molecular weight is 524 g/mol. The van der Waals surface area contributed by atoms with E-state index in [1.165, 1.54) is 19.2 Å². The zero-order chi connectivity index (χ0) is 20.1. The number of nitrogens with zero attached hydrogens (tertiary/aromatic N) is 1. The molecule has 0 aliphatic heterocycles. The van der Waals surface area contributed by atoms with E-state index in [4.69, 9.17) is 16.3 Å². The van der Waals surface area contributed by atoms with E-state index in [0.717, 1.165) is 0 Å². The Morgan fingerprint density at radius 2 is 1.96 bits per heavy atom. The van der Waals surface area contributed by atoms with Crippen LogP contribution < -0.4 is 4.74 Å². The fraction of sp³-hybridized carbons (Fsp3) is 0.235. The predicted molar refractivity (Wildman–Crippen MR) is 106 cm³/mol. The van der Waals surface area contributed by atoms with Gasteiger partial charge < -0.3 is 14.6 Å². The molecule has 27 heavy (non-hydrogen) atoms. The van der Waals surface area contributed by atoms with Gasteiger partial charge in [-0.25, -0.2) is 4.79 Å². The monoisotopic (exact) mass is 521 g/mol. The number of aliphatic hydroxyl groups excluding tert-OH is 1. The van der Waals surface area contributed by atoms with Gasteiger partial charge in [-0.1, -0.05) is 23.7 Å². The zero-order valence-corrected chi connectivity index (χ0v) is 17.9. The molecule has 0 aliphatic carbocycles. The van der Waals surface area contributed by atoms with Crippen molar-refractivity contribution in [1.29, 1.82) is 0 Å². The van der Waals surface area contributed by atoms with Crippen LogP contribution in [0, 0.1) is 10.1 Å². The summed E-state index contributed by atoms with van der Waals surface area (Å²) in [4.78, 5) is 21.7. The lowest BCUT2D eigenvalue weighted by atomic mass is 10.1. The molecule has 1 N–H and O–H groups in total. The third kappa shape index (κ3) is 5.41. The first-order valence-corrected chi connectivity index (χ1v) is 9.49. The number of methoxy groups -OCH3 is 1. The van der Waals surface area contributed by atoms with E-state index in [1.807, 2.05) is 0 Å². The van der Waals surface area contributed by atoms with Crippen molar-refractivity contribution < 1.29 is 24.3 Å². The van der Waals surface area contributed by atoms with Crippen LogP contribution in [0.3, 0.4) is 0 Å². The van der Waals surface area contributed by atoms with Gasteiger partial charge in [0.1, 0.15) is 17.4 Å². The molecule has 0 aliphatic rings. The minimum atomic E-state index is -1.27. The van der Waals surface area contributed by atoms with E-state index < -0.39 is 17.0 Å². The highest BCUT2D eigenvalue weighted by atomic mass is 79.9. The molecule has 0 fully saturated rings. The number of benzene rings is 2. The Morgan fingerprint density at radius 3 is 2.52 bits per heavy atom. The molecule has 0 saturated heterocycles. The number of halogens is 3. The lowest BCUT2D eigenvalue weighted by Crippen LogP contribution is -2.24. The summed E-state index contributed by atoms with van der Waals surface area (Å²) in [7, 11) is 1.20. The molecule has 0 spiro atoms. The molecule has 0 heterocycles. The lowest BCUT2D eigenvalue weighted by molar-refractivity contribution is -0.384. The van der Waals surface area contributed by atoms with E-state index in [1.54, 1.807) is 18.2 Å². The second-order valence-electron chi connectivity index (χ2n) is 5.43. The van der Waals surface area contributed by atoms with Crippen molar-refractivity contribution in [2.75, 3.05) is 7.11 Å². The highest BCUT2D eigenvalue weighted by Gasteiger charge is 2.19. The highest BCUT2D eigenvalue weighted by Crippen LogP contribution is 2.36. The largest absolute Gasteiger partial charge is 0.486 e. The molecule has 2 aromatic carbocycles. The SMILES string of the molecule is COC(=O)C(O)Cc1cc(Br)c(OCc2cccc([N+](=O)[O-])c2Cl)c(Br)c1. The molecule has 0 aromatic heterocycles. The quantitative estimate of drug-likeness (QED) is 0.328. The van der Waals surface area contributed by atoms with Crippen molar-refractivity contribution >= 4 is 55.1 Å². The van der Waals surface area contributed by atoms with Crippen LogP contribution in [0.4, 0.5) is 5.69 Å². The van der Waals surface area contributed by atoms with Crippen molar-refractivity contribution in [2.45, 2.75) is 19.1 Å². The van der Waals surface area contributed by atoms with E-state index in [9.17, 15) is 20.0 Å². The van der Waals surface area contributed by atoms with Gasteiger partial charge in [0.25, 0.3) is 5.69 Å². The Kier molecular flexibility index (Phi) is 7.60. The second-order valence-corrected chi connectivity index (χ2v) is 7.51. The molecular formula is C17H14Br2ClNO6. The number of ether oxygens (including phenoxy) is 2. The van der Waals surface area contributed by atoms with Crippen LogP contribution in [-0.2, 0) is 22.6 Å². The molecule has 0 amide bonds. The number of esters is 1. The molecule has 2 aromatic rings. The number of carbonyl (C=O) groups excluding carboxylic acids is 1. The van der Waals surface area contributed by atoms with Gasteiger partial charge in [0.2, 0.25) is 0 Å². The van der Waals surface area contributed by atoms with E-state index >= 15 is 0 Å². The summed E-state index contributed by atoms with van der Waals surface area (Å²) in [5.41, 5.74) is 0.949. The summed E-state index contributed by atoms with van der Waals surface area (Å²) in [6.07, 6.45) is -1.20. The number of rotatable bonds is 7. The number of hydrogen-bond acceptors (Lipinski definition) is 6.